The number of hydrogen-bond acceptors (Lipinski definition) is 4. The molecule has 0 unspecified atom stereocenters. The van der Waals surface area contributed by atoms with Gasteiger partial charge in [0.25, 0.3) is 5.89 Å². The molecule has 0 spiro atoms. The van der Waals surface area contributed by atoms with Crippen LogP contribution in [0.3, 0.4) is 0 Å². The zero-order valence-electron chi connectivity index (χ0n) is 9.20. The standard InChI is InChI=1S/C11H11Cl2N3O/c1-14-6-5-9-15-16-11(17-9)10-7(12)3-2-4-8(10)13/h2-4,14H,5-6H2,1H3. The van der Waals surface area contributed by atoms with Crippen LogP contribution < -0.4 is 5.32 Å². The lowest BCUT2D eigenvalue weighted by Gasteiger charge is -2.00. The lowest BCUT2D eigenvalue weighted by Crippen LogP contribution is -2.10. The zero-order valence-corrected chi connectivity index (χ0v) is 10.7. The molecule has 4 nitrogen and oxygen atoms in total. The maximum atomic E-state index is 6.05. The van der Waals surface area contributed by atoms with Crippen LogP contribution in [0.5, 0.6) is 0 Å². The predicted molar refractivity (Wildman–Crippen MR) is 67.4 cm³/mol. The van der Waals surface area contributed by atoms with Crippen molar-refractivity contribution in [3.05, 3.63) is 34.1 Å². The van der Waals surface area contributed by atoms with Crippen molar-refractivity contribution in [3.8, 4) is 11.5 Å². The molecule has 0 atom stereocenters. The molecule has 0 bridgehead atoms. The minimum atomic E-state index is 0.353. The van der Waals surface area contributed by atoms with Gasteiger partial charge in [-0.05, 0) is 19.2 Å². The van der Waals surface area contributed by atoms with Crippen molar-refractivity contribution in [1.29, 1.82) is 0 Å². The smallest absolute Gasteiger partial charge is 0.250 e. The number of nitrogens with zero attached hydrogens (tertiary/aromatic N) is 2. The van der Waals surface area contributed by atoms with Crippen molar-refractivity contribution in [2.24, 2.45) is 0 Å². The quantitative estimate of drug-likeness (QED) is 0.929. The first-order valence-electron chi connectivity index (χ1n) is 5.13. The third-order valence-electron chi connectivity index (χ3n) is 2.23. The molecule has 2 aromatic rings. The molecule has 0 aliphatic heterocycles. The van der Waals surface area contributed by atoms with Crippen molar-refractivity contribution in [1.82, 2.24) is 15.5 Å². The number of nitrogens with one attached hydrogen (secondary N) is 1. The van der Waals surface area contributed by atoms with E-state index in [2.05, 4.69) is 15.5 Å². The molecule has 0 saturated heterocycles. The molecule has 0 aliphatic rings. The van der Waals surface area contributed by atoms with Gasteiger partial charge in [0.15, 0.2) is 0 Å². The summed E-state index contributed by atoms with van der Waals surface area (Å²) in [6, 6.07) is 5.24. The van der Waals surface area contributed by atoms with E-state index in [1.165, 1.54) is 0 Å². The Kier molecular flexibility index (Phi) is 3.99. The zero-order chi connectivity index (χ0) is 12.3. The van der Waals surface area contributed by atoms with E-state index in [9.17, 15) is 0 Å². The van der Waals surface area contributed by atoms with Crippen LogP contribution in [0.1, 0.15) is 5.89 Å². The van der Waals surface area contributed by atoms with Crippen LogP contribution in [0.15, 0.2) is 22.6 Å². The Labute approximate surface area is 109 Å². The van der Waals surface area contributed by atoms with Gasteiger partial charge in [-0.1, -0.05) is 29.3 Å². The van der Waals surface area contributed by atoms with Gasteiger partial charge < -0.3 is 9.73 Å². The number of rotatable bonds is 4. The largest absolute Gasteiger partial charge is 0.421 e. The Morgan fingerprint density at radius 1 is 1.24 bits per heavy atom. The summed E-state index contributed by atoms with van der Waals surface area (Å²) < 4.78 is 5.50. The van der Waals surface area contributed by atoms with E-state index in [4.69, 9.17) is 27.6 Å². The molecule has 0 amide bonds. The molecule has 1 N–H and O–H groups in total. The first-order chi connectivity index (χ1) is 8.22. The van der Waals surface area contributed by atoms with Gasteiger partial charge in [0, 0.05) is 13.0 Å². The highest BCUT2D eigenvalue weighted by atomic mass is 35.5. The molecule has 0 aliphatic carbocycles. The van der Waals surface area contributed by atoms with E-state index < -0.39 is 0 Å². The van der Waals surface area contributed by atoms with Crippen molar-refractivity contribution < 1.29 is 4.42 Å². The first kappa shape index (κ1) is 12.4. The fourth-order valence-electron chi connectivity index (χ4n) is 1.39. The van der Waals surface area contributed by atoms with Gasteiger partial charge >= 0.3 is 0 Å². The SMILES string of the molecule is CNCCc1nnc(-c2c(Cl)cccc2Cl)o1. The van der Waals surface area contributed by atoms with E-state index in [-0.39, 0.29) is 0 Å². The second-order valence-electron chi connectivity index (χ2n) is 3.45. The lowest BCUT2D eigenvalue weighted by molar-refractivity contribution is 0.500. The van der Waals surface area contributed by atoms with Gasteiger partial charge in [0.2, 0.25) is 5.89 Å². The van der Waals surface area contributed by atoms with E-state index in [1.807, 2.05) is 7.05 Å². The molecule has 1 aromatic heterocycles. The lowest BCUT2D eigenvalue weighted by atomic mass is 10.2. The number of likely N-dealkylation sites (N-methyl/N-ethyl adjacent to an activating group) is 1. The average Bonchev–Trinajstić information content (AvgIpc) is 2.75. The second kappa shape index (κ2) is 5.49. The summed E-state index contributed by atoms with van der Waals surface area (Å²) in [5.41, 5.74) is 0.582. The summed E-state index contributed by atoms with van der Waals surface area (Å²) in [4.78, 5) is 0. The Morgan fingerprint density at radius 2 is 1.94 bits per heavy atom. The van der Waals surface area contributed by atoms with Crippen LogP contribution in [0.2, 0.25) is 10.0 Å². The summed E-state index contributed by atoms with van der Waals surface area (Å²) in [7, 11) is 1.86. The van der Waals surface area contributed by atoms with Gasteiger partial charge in [-0.2, -0.15) is 0 Å². The fourth-order valence-corrected chi connectivity index (χ4v) is 1.95. The molecule has 2 rings (SSSR count). The molecule has 0 fully saturated rings. The maximum absolute atomic E-state index is 6.05. The minimum Gasteiger partial charge on any atom is -0.421 e. The molecule has 6 heteroatoms. The third kappa shape index (κ3) is 2.77. The summed E-state index contributed by atoms with van der Waals surface area (Å²) in [6.07, 6.45) is 0.672. The first-order valence-corrected chi connectivity index (χ1v) is 5.89. The van der Waals surface area contributed by atoms with Crippen molar-refractivity contribution in [3.63, 3.8) is 0 Å². The molecule has 0 saturated carbocycles. The van der Waals surface area contributed by atoms with E-state index in [0.717, 1.165) is 6.54 Å². The number of halogens is 2. The highest BCUT2D eigenvalue weighted by Gasteiger charge is 2.14. The van der Waals surface area contributed by atoms with Crippen LogP contribution in [0.4, 0.5) is 0 Å². The van der Waals surface area contributed by atoms with Crippen molar-refractivity contribution in [2.45, 2.75) is 6.42 Å². The predicted octanol–water partition coefficient (Wildman–Crippen LogP) is 2.81. The summed E-state index contributed by atoms with van der Waals surface area (Å²) in [5.74, 6) is 0.914. The fraction of sp³-hybridized carbons (Fsp3) is 0.273. The maximum Gasteiger partial charge on any atom is 0.250 e. The third-order valence-corrected chi connectivity index (χ3v) is 2.86. The summed E-state index contributed by atoms with van der Waals surface area (Å²) in [5, 5.41) is 11.9. The second-order valence-corrected chi connectivity index (χ2v) is 4.27. The van der Waals surface area contributed by atoms with Gasteiger partial charge in [-0.15, -0.1) is 10.2 Å². The van der Waals surface area contributed by atoms with Gasteiger partial charge in [-0.3, -0.25) is 0 Å². The van der Waals surface area contributed by atoms with Crippen LogP contribution in [0.25, 0.3) is 11.5 Å². The molecule has 0 radical (unpaired) electrons. The van der Waals surface area contributed by atoms with Crippen LogP contribution in [-0.4, -0.2) is 23.8 Å². The monoisotopic (exact) mass is 271 g/mol. The van der Waals surface area contributed by atoms with Crippen LogP contribution in [-0.2, 0) is 6.42 Å². The number of hydrogen-bond donors (Lipinski definition) is 1. The van der Waals surface area contributed by atoms with Gasteiger partial charge in [0.05, 0.1) is 15.6 Å². The Bertz CT molecular complexity index is 493. The highest BCUT2D eigenvalue weighted by molar-refractivity contribution is 6.38. The van der Waals surface area contributed by atoms with E-state index in [0.29, 0.717) is 33.8 Å². The number of benzene rings is 1. The van der Waals surface area contributed by atoms with E-state index in [1.54, 1.807) is 18.2 Å². The molecule has 90 valence electrons. The molecular weight excluding hydrogens is 261 g/mol. The average molecular weight is 272 g/mol. The van der Waals surface area contributed by atoms with Gasteiger partial charge in [-0.25, -0.2) is 0 Å². The highest BCUT2D eigenvalue weighted by Crippen LogP contribution is 2.33. The van der Waals surface area contributed by atoms with Crippen LogP contribution >= 0.6 is 23.2 Å². The molecule has 1 heterocycles. The van der Waals surface area contributed by atoms with Crippen molar-refractivity contribution in [2.75, 3.05) is 13.6 Å². The Morgan fingerprint density at radius 3 is 2.59 bits per heavy atom. The topological polar surface area (TPSA) is 51.0 Å². The van der Waals surface area contributed by atoms with Gasteiger partial charge in [0.1, 0.15) is 0 Å². The summed E-state index contributed by atoms with van der Waals surface area (Å²) in [6.45, 7) is 0.776. The Hall–Kier alpha value is -1.10. The van der Waals surface area contributed by atoms with Crippen LogP contribution in [0, 0.1) is 0 Å². The normalized spacial score (nSPS) is 10.8. The molecular formula is C11H11Cl2N3O. The Balaban J connectivity index is 2.30. The summed E-state index contributed by atoms with van der Waals surface area (Å²) >= 11 is 12.1. The van der Waals surface area contributed by atoms with E-state index >= 15 is 0 Å². The molecule has 1 aromatic carbocycles. The molecule has 17 heavy (non-hydrogen) atoms. The van der Waals surface area contributed by atoms with Crippen molar-refractivity contribution >= 4 is 23.2 Å². The number of aromatic nitrogens is 2. The minimum absolute atomic E-state index is 0.353.